The van der Waals surface area contributed by atoms with Crippen molar-refractivity contribution < 1.29 is 9.18 Å². The van der Waals surface area contributed by atoms with Gasteiger partial charge in [-0.25, -0.2) is 9.37 Å². The number of nitrogens with two attached hydrogens (primary N) is 1. The number of nitriles is 1. The van der Waals surface area contributed by atoms with Crippen molar-refractivity contribution in [3.63, 3.8) is 0 Å². The normalized spacial score (nSPS) is 10.0. The van der Waals surface area contributed by atoms with E-state index in [9.17, 15) is 14.0 Å². The summed E-state index contributed by atoms with van der Waals surface area (Å²) in [5.41, 5.74) is 4.45. The summed E-state index contributed by atoms with van der Waals surface area (Å²) in [6.07, 6.45) is 0. The Hall–Kier alpha value is -2.86. The van der Waals surface area contributed by atoms with Gasteiger partial charge in [-0.3, -0.25) is 14.6 Å². The molecule has 0 atom stereocenters. The number of amides is 1. The minimum atomic E-state index is -0.811. The summed E-state index contributed by atoms with van der Waals surface area (Å²) in [5.74, 6) is -1.66. The predicted octanol–water partition coefficient (Wildman–Crippen LogP) is 1.36. The summed E-state index contributed by atoms with van der Waals surface area (Å²) < 4.78 is 13.5. The Morgan fingerprint density at radius 2 is 2.23 bits per heavy atom. The lowest BCUT2D eigenvalue weighted by Crippen LogP contribution is -2.23. The number of nitrogen functional groups attached to an aromatic ring is 1. The fraction of sp³-hybridized carbons (Fsp3) is 0.0769. The molecule has 0 aliphatic heterocycles. The van der Waals surface area contributed by atoms with Crippen molar-refractivity contribution in [2.75, 3.05) is 16.8 Å². The second-order valence-electron chi connectivity index (χ2n) is 4.01. The molecule has 2 aromatic rings. The van der Waals surface area contributed by atoms with Crippen LogP contribution in [0.25, 0.3) is 0 Å². The third-order valence-electron chi connectivity index (χ3n) is 2.56. The monoisotopic (exact) mass is 319 g/mol. The van der Waals surface area contributed by atoms with Gasteiger partial charge in [0.25, 0.3) is 11.5 Å². The molecular formula is C13H10FN5O2S. The van der Waals surface area contributed by atoms with Gasteiger partial charge in [-0.05, 0) is 12.1 Å². The molecule has 7 nitrogen and oxygen atoms in total. The molecule has 0 unspecified atom stereocenters. The highest BCUT2D eigenvalue weighted by atomic mass is 32.2. The molecule has 1 aromatic carbocycles. The van der Waals surface area contributed by atoms with Crippen LogP contribution in [0.3, 0.4) is 0 Å². The highest BCUT2D eigenvalue weighted by Gasteiger charge is 2.16. The minimum absolute atomic E-state index is 0.0866. The van der Waals surface area contributed by atoms with Gasteiger partial charge in [0.1, 0.15) is 11.5 Å². The van der Waals surface area contributed by atoms with Gasteiger partial charge < -0.3 is 11.1 Å². The van der Waals surface area contributed by atoms with Gasteiger partial charge in [0, 0.05) is 0 Å². The standard InChI is InChI=1S/C13H10FN5O2S/c14-8-4-2-1-3-7(8)11(20)17-9-10(16)18-13(19-12(9)21)22-6-5-15/h1-4H,6H2,(H,17,20)(H3,16,18,19,21). The molecule has 9 heteroatoms. The molecule has 22 heavy (non-hydrogen) atoms. The van der Waals surface area contributed by atoms with Crippen molar-refractivity contribution in [3.8, 4) is 6.07 Å². The smallest absolute Gasteiger partial charge is 0.277 e. The Bertz CT molecular complexity index is 815. The molecule has 0 bridgehead atoms. The predicted molar refractivity (Wildman–Crippen MR) is 80.0 cm³/mol. The maximum atomic E-state index is 13.5. The van der Waals surface area contributed by atoms with Crippen molar-refractivity contribution in [2.24, 2.45) is 0 Å². The second-order valence-corrected chi connectivity index (χ2v) is 4.98. The maximum Gasteiger partial charge on any atom is 0.277 e. The molecule has 1 heterocycles. The van der Waals surface area contributed by atoms with E-state index in [0.717, 1.165) is 17.8 Å². The van der Waals surface area contributed by atoms with Crippen molar-refractivity contribution in [1.29, 1.82) is 5.26 Å². The lowest BCUT2D eigenvalue weighted by molar-refractivity contribution is 0.102. The fourth-order valence-corrected chi connectivity index (χ4v) is 2.11. The van der Waals surface area contributed by atoms with Crippen LogP contribution in [-0.4, -0.2) is 21.6 Å². The van der Waals surface area contributed by atoms with Crippen LogP contribution in [-0.2, 0) is 0 Å². The summed E-state index contributed by atoms with van der Waals surface area (Å²) >= 11 is 0.995. The number of hydrogen-bond acceptors (Lipinski definition) is 6. The first-order valence-electron chi connectivity index (χ1n) is 5.98. The quantitative estimate of drug-likeness (QED) is 0.577. The van der Waals surface area contributed by atoms with E-state index in [2.05, 4.69) is 15.3 Å². The summed E-state index contributed by atoms with van der Waals surface area (Å²) in [7, 11) is 0. The lowest BCUT2D eigenvalue weighted by atomic mass is 10.2. The lowest BCUT2D eigenvalue weighted by Gasteiger charge is -2.08. The molecule has 0 spiro atoms. The van der Waals surface area contributed by atoms with Crippen LogP contribution < -0.4 is 16.6 Å². The minimum Gasteiger partial charge on any atom is -0.382 e. The van der Waals surface area contributed by atoms with Crippen LogP contribution in [0.4, 0.5) is 15.9 Å². The molecule has 0 saturated carbocycles. The number of hydrogen-bond donors (Lipinski definition) is 3. The zero-order valence-electron chi connectivity index (χ0n) is 11.1. The van der Waals surface area contributed by atoms with Gasteiger partial charge >= 0.3 is 0 Å². The molecular weight excluding hydrogens is 309 g/mol. The molecule has 0 aliphatic rings. The third kappa shape index (κ3) is 3.42. The van der Waals surface area contributed by atoms with E-state index in [-0.39, 0.29) is 28.0 Å². The SMILES string of the molecule is N#CCSc1nc(N)c(NC(=O)c2ccccc2F)c(=O)[nH]1. The van der Waals surface area contributed by atoms with Gasteiger partial charge in [0.05, 0.1) is 17.4 Å². The summed E-state index contributed by atoms with van der Waals surface area (Å²) in [4.78, 5) is 30.1. The number of carbonyl (C=O) groups is 1. The third-order valence-corrected chi connectivity index (χ3v) is 3.30. The average Bonchev–Trinajstić information content (AvgIpc) is 2.49. The number of halogens is 1. The van der Waals surface area contributed by atoms with Crippen LogP contribution in [0.5, 0.6) is 0 Å². The molecule has 0 radical (unpaired) electrons. The molecule has 0 aliphatic carbocycles. The second kappa shape index (κ2) is 6.73. The Balaban J connectivity index is 2.27. The zero-order valence-corrected chi connectivity index (χ0v) is 11.9. The maximum absolute atomic E-state index is 13.5. The highest BCUT2D eigenvalue weighted by molar-refractivity contribution is 7.99. The number of anilines is 2. The Kier molecular flexibility index (Phi) is 4.75. The van der Waals surface area contributed by atoms with Crippen LogP contribution >= 0.6 is 11.8 Å². The molecule has 2 rings (SSSR count). The van der Waals surface area contributed by atoms with E-state index in [0.29, 0.717) is 0 Å². The number of H-pyrrole nitrogens is 1. The molecule has 0 saturated heterocycles. The molecule has 1 amide bonds. The molecule has 1 aromatic heterocycles. The number of nitrogens with one attached hydrogen (secondary N) is 2. The van der Waals surface area contributed by atoms with Crippen LogP contribution in [0.1, 0.15) is 10.4 Å². The first kappa shape index (κ1) is 15.5. The largest absolute Gasteiger partial charge is 0.382 e. The number of rotatable bonds is 4. The van der Waals surface area contributed by atoms with Crippen LogP contribution in [0.15, 0.2) is 34.2 Å². The van der Waals surface area contributed by atoms with Crippen molar-refractivity contribution in [2.45, 2.75) is 5.16 Å². The fourth-order valence-electron chi connectivity index (χ4n) is 1.59. The highest BCUT2D eigenvalue weighted by Crippen LogP contribution is 2.17. The van der Waals surface area contributed by atoms with E-state index >= 15 is 0 Å². The molecule has 4 N–H and O–H groups in total. The van der Waals surface area contributed by atoms with Crippen LogP contribution in [0.2, 0.25) is 0 Å². The van der Waals surface area contributed by atoms with E-state index in [4.69, 9.17) is 11.0 Å². The Labute approximate surface area is 128 Å². The van der Waals surface area contributed by atoms with Gasteiger partial charge in [0.2, 0.25) is 0 Å². The number of nitrogens with zero attached hydrogens (tertiary/aromatic N) is 2. The number of carbonyl (C=O) groups excluding carboxylic acids is 1. The number of aromatic amines is 1. The Morgan fingerprint density at radius 3 is 2.86 bits per heavy atom. The van der Waals surface area contributed by atoms with Crippen molar-refractivity contribution in [1.82, 2.24) is 9.97 Å². The van der Waals surface area contributed by atoms with Crippen molar-refractivity contribution in [3.05, 3.63) is 46.0 Å². The first-order valence-corrected chi connectivity index (χ1v) is 6.97. The van der Waals surface area contributed by atoms with Crippen LogP contribution in [0, 0.1) is 17.1 Å². The number of aromatic nitrogens is 2. The van der Waals surface area contributed by atoms with E-state index < -0.39 is 17.3 Å². The average molecular weight is 319 g/mol. The summed E-state index contributed by atoms with van der Waals surface area (Å²) in [5, 5.41) is 10.9. The number of benzene rings is 1. The number of thioether (sulfide) groups is 1. The zero-order chi connectivity index (χ0) is 16.1. The first-order chi connectivity index (χ1) is 10.5. The van der Waals surface area contributed by atoms with Gasteiger partial charge in [0.15, 0.2) is 11.0 Å². The molecule has 112 valence electrons. The van der Waals surface area contributed by atoms with Gasteiger partial charge in [-0.15, -0.1) is 0 Å². The molecule has 0 fully saturated rings. The van der Waals surface area contributed by atoms with E-state index in [1.807, 2.05) is 6.07 Å². The van der Waals surface area contributed by atoms with E-state index in [1.54, 1.807) is 0 Å². The van der Waals surface area contributed by atoms with Gasteiger partial charge in [-0.1, -0.05) is 23.9 Å². The topological polar surface area (TPSA) is 125 Å². The van der Waals surface area contributed by atoms with Gasteiger partial charge in [-0.2, -0.15) is 5.26 Å². The summed E-state index contributed by atoms with van der Waals surface area (Å²) in [6.45, 7) is 0. The van der Waals surface area contributed by atoms with E-state index in [1.165, 1.54) is 18.2 Å². The van der Waals surface area contributed by atoms with Crippen molar-refractivity contribution >= 4 is 29.2 Å². The summed E-state index contributed by atoms with van der Waals surface area (Å²) in [6, 6.07) is 7.22. The Morgan fingerprint density at radius 1 is 1.50 bits per heavy atom.